The number of aliphatic carboxylic acids is 1. The zero-order chi connectivity index (χ0) is 21.4. The zero-order valence-electron chi connectivity index (χ0n) is 17.8. The van der Waals surface area contributed by atoms with Crippen LogP contribution in [0.2, 0.25) is 0 Å². The van der Waals surface area contributed by atoms with E-state index in [1.165, 1.54) is 32.1 Å². The Bertz CT molecular complexity index is 685. The van der Waals surface area contributed by atoms with Crippen molar-refractivity contribution in [2.75, 3.05) is 19.8 Å². The van der Waals surface area contributed by atoms with Crippen LogP contribution < -0.4 is 10.5 Å². The third kappa shape index (κ3) is 6.40. The molecule has 4 atom stereocenters. The monoisotopic (exact) mass is 420 g/mol. The highest BCUT2D eigenvalue weighted by atomic mass is 16.5. The normalized spacial score (nSPS) is 32.1. The molecule has 0 saturated heterocycles. The molecular weight excluding hydrogens is 384 g/mol. The lowest BCUT2D eigenvalue weighted by molar-refractivity contribution is -0.162. The lowest BCUT2D eigenvalue weighted by atomic mass is 9.89. The fourth-order valence-electron chi connectivity index (χ4n) is 4.70. The van der Waals surface area contributed by atoms with E-state index in [9.17, 15) is 15.0 Å². The third-order valence-electron chi connectivity index (χ3n) is 6.60. The maximum Gasteiger partial charge on any atom is 0.337 e. The Balaban J connectivity index is 1.66. The van der Waals surface area contributed by atoms with Gasteiger partial charge >= 0.3 is 5.97 Å². The minimum Gasteiger partial charge on any atom is -0.493 e. The first-order valence-electron chi connectivity index (χ1n) is 11.3. The van der Waals surface area contributed by atoms with Crippen LogP contribution in [0, 0.1) is 11.8 Å². The fraction of sp³-hybridized carbons (Fsp3) is 0.739. The van der Waals surface area contributed by atoms with Gasteiger partial charge in [-0.2, -0.15) is 0 Å². The average Bonchev–Trinajstić information content (AvgIpc) is 3.17. The molecule has 1 aliphatic heterocycles. The predicted molar refractivity (Wildman–Crippen MR) is 113 cm³/mol. The van der Waals surface area contributed by atoms with Gasteiger partial charge in [-0.05, 0) is 43.6 Å². The van der Waals surface area contributed by atoms with Crippen LogP contribution >= 0.6 is 0 Å². The van der Waals surface area contributed by atoms with Crippen molar-refractivity contribution in [1.82, 2.24) is 4.98 Å². The maximum atomic E-state index is 11.8. The maximum absolute atomic E-state index is 11.8. The Morgan fingerprint density at radius 1 is 1.10 bits per heavy atom. The van der Waals surface area contributed by atoms with E-state index in [1.54, 1.807) is 18.3 Å². The number of carboxylic acid groups (broad SMARTS) is 1. The van der Waals surface area contributed by atoms with Crippen molar-refractivity contribution >= 4 is 5.97 Å². The van der Waals surface area contributed by atoms with Gasteiger partial charge < -0.3 is 25.4 Å². The number of hydrogen-bond acceptors (Lipinski definition) is 6. The Morgan fingerprint density at radius 3 is 2.50 bits per heavy atom. The van der Waals surface area contributed by atoms with E-state index in [1.807, 2.05) is 0 Å². The zero-order valence-corrected chi connectivity index (χ0v) is 17.8. The van der Waals surface area contributed by atoms with Gasteiger partial charge in [-0.3, -0.25) is 4.98 Å². The number of hydrogen-bond donors (Lipinski definition) is 3. The Hall–Kier alpha value is -1.70. The molecule has 1 aromatic rings. The first-order chi connectivity index (χ1) is 14.5. The van der Waals surface area contributed by atoms with Crippen LogP contribution in [-0.2, 0) is 16.0 Å². The Labute approximate surface area is 179 Å². The Kier molecular flexibility index (Phi) is 8.48. The van der Waals surface area contributed by atoms with Crippen molar-refractivity contribution in [2.45, 2.75) is 75.9 Å². The number of rotatable bonds is 1. The summed E-state index contributed by atoms with van der Waals surface area (Å²) in [4.78, 5) is 16.0. The third-order valence-corrected chi connectivity index (χ3v) is 6.60. The van der Waals surface area contributed by atoms with E-state index in [0.29, 0.717) is 24.7 Å². The number of nitrogens with two attached hydrogens (primary N) is 1. The number of ether oxygens (including phenoxy) is 2. The van der Waals surface area contributed by atoms with Crippen molar-refractivity contribution in [3.05, 3.63) is 24.0 Å². The van der Waals surface area contributed by atoms with E-state index in [-0.39, 0.29) is 13.0 Å². The number of aliphatic hydroxyl groups is 1. The number of carboxylic acids is 1. The first kappa shape index (κ1) is 23.0. The number of fused-ring (bicyclic) bond motifs is 4. The van der Waals surface area contributed by atoms with Gasteiger partial charge in [0.05, 0.1) is 19.3 Å². The standard InChI is InChI=1S/C23H36N2O5/c24-21-16-29-11-3-1-5-17-7-8-18(13-17)6-2-4-12-30-20-9-10-25-19(14-20)15-23(21,28)22(26)27/h9-10,14,17-18,21,28H,1-8,11-13,15-16,24H2,(H,26,27)/t17?,18?,21-,23+/m0/s1. The highest BCUT2D eigenvalue weighted by molar-refractivity contribution is 5.78. The molecule has 0 amide bonds. The summed E-state index contributed by atoms with van der Waals surface area (Å²) in [5.41, 5.74) is 4.32. The second-order valence-corrected chi connectivity index (χ2v) is 8.96. The predicted octanol–water partition coefficient (Wildman–Crippen LogP) is 2.93. The second-order valence-electron chi connectivity index (χ2n) is 8.96. The highest BCUT2D eigenvalue weighted by Crippen LogP contribution is 2.36. The molecule has 0 aromatic carbocycles. The van der Waals surface area contributed by atoms with Gasteiger partial charge in [0.2, 0.25) is 0 Å². The molecule has 30 heavy (non-hydrogen) atoms. The SMILES string of the molecule is N[C@H]1COCCCCC2CCC(CCCCOc3ccnc(c3)C[C@]1(O)C(=O)O)C2. The van der Waals surface area contributed by atoms with Crippen LogP contribution in [0.4, 0.5) is 0 Å². The van der Waals surface area contributed by atoms with Crippen LogP contribution in [0.25, 0.3) is 0 Å². The highest BCUT2D eigenvalue weighted by Gasteiger charge is 2.43. The number of carbonyl (C=O) groups is 1. The minimum absolute atomic E-state index is 0.00943. The molecule has 1 aromatic heterocycles. The van der Waals surface area contributed by atoms with E-state index in [4.69, 9.17) is 15.2 Å². The molecule has 4 N–H and O–H groups in total. The fourth-order valence-corrected chi connectivity index (χ4v) is 4.70. The lowest BCUT2D eigenvalue weighted by Gasteiger charge is -2.29. The molecule has 2 heterocycles. The van der Waals surface area contributed by atoms with Gasteiger partial charge in [0.15, 0.2) is 5.60 Å². The van der Waals surface area contributed by atoms with Crippen LogP contribution in [0.3, 0.4) is 0 Å². The largest absolute Gasteiger partial charge is 0.493 e. The van der Waals surface area contributed by atoms with E-state index in [0.717, 1.165) is 37.5 Å². The number of aromatic nitrogens is 1. The van der Waals surface area contributed by atoms with Crippen LogP contribution in [0.5, 0.6) is 5.75 Å². The second kappa shape index (κ2) is 11.1. The molecule has 4 bridgehead atoms. The summed E-state index contributed by atoms with van der Waals surface area (Å²) in [5, 5.41) is 20.4. The summed E-state index contributed by atoms with van der Waals surface area (Å²) in [6.07, 6.45) is 12.1. The summed E-state index contributed by atoms with van der Waals surface area (Å²) >= 11 is 0. The quantitative estimate of drug-likeness (QED) is 0.640. The van der Waals surface area contributed by atoms with E-state index in [2.05, 4.69) is 4.98 Å². The molecule has 0 spiro atoms. The van der Waals surface area contributed by atoms with E-state index < -0.39 is 17.6 Å². The molecule has 1 saturated carbocycles. The Morgan fingerprint density at radius 2 is 1.80 bits per heavy atom. The van der Waals surface area contributed by atoms with E-state index >= 15 is 0 Å². The number of pyridine rings is 1. The number of nitrogens with zero attached hydrogens (tertiary/aromatic N) is 1. The van der Waals surface area contributed by atoms with Crippen LogP contribution in [0.15, 0.2) is 18.3 Å². The summed E-state index contributed by atoms with van der Waals surface area (Å²) < 4.78 is 11.5. The summed E-state index contributed by atoms with van der Waals surface area (Å²) in [6.45, 7) is 1.14. The van der Waals surface area contributed by atoms with Crippen LogP contribution in [-0.4, -0.2) is 52.6 Å². The molecule has 1 fully saturated rings. The first-order valence-corrected chi connectivity index (χ1v) is 11.3. The van der Waals surface area contributed by atoms with Gasteiger partial charge in [-0.25, -0.2) is 4.79 Å². The van der Waals surface area contributed by atoms with Crippen molar-refractivity contribution in [3.8, 4) is 5.75 Å². The molecular formula is C23H36N2O5. The lowest BCUT2D eigenvalue weighted by Crippen LogP contribution is -2.57. The molecule has 0 radical (unpaired) electrons. The topological polar surface area (TPSA) is 115 Å². The summed E-state index contributed by atoms with van der Waals surface area (Å²) in [6, 6.07) is 2.38. The van der Waals surface area contributed by atoms with Crippen molar-refractivity contribution in [2.24, 2.45) is 17.6 Å². The van der Waals surface area contributed by atoms with Gasteiger partial charge in [-0.15, -0.1) is 0 Å². The molecule has 2 aliphatic rings. The van der Waals surface area contributed by atoms with Gasteiger partial charge in [0.25, 0.3) is 0 Å². The van der Waals surface area contributed by atoms with Gasteiger partial charge in [-0.1, -0.05) is 32.1 Å². The molecule has 3 rings (SSSR count). The summed E-state index contributed by atoms with van der Waals surface area (Å²) in [7, 11) is 0. The average molecular weight is 421 g/mol. The van der Waals surface area contributed by atoms with Crippen LogP contribution in [0.1, 0.15) is 63.5 Å². The van der Waals surface area contributed by atoms with Crippen molar-refractivity contribution in [3.63, 3.8) is 0 Å². The molecule has 7 nitrogen and oxygen atoms in total. The van der Waals surface area contributed by atoms with Gasteiger partial charge in [0.1, 0.15) is 5.75 Å². The molecule has 1 aliphatic carbocycles. The molecule has 7 heteroatoms. The minimum atomic E-state index is -2.15. The summed E-state index contributed by atoms with van der Waals surface area (Å²) in [5.74, 6) is 0.944. The van der Waals surface area contributed by atoms with Crippen molar-refractivity contribution < 1.29 is 24.5 Å². The molecule has 168 valence electrons. The van der Waals surface area contributed by atoms with Gasteiger partial charge in [0, 0.05) is 31.0 Å². The molecule has 2 unspecified atom stereocenters. The smallest absolute Gasteiger partial charge is 0.337 e. The van der Waals surface area contributed by atoms with Crippen molar-refractivity contribution in [1.29, 1.82) is 0 Å².